The molecule has 3 rings (SSSR count). The monoisotopic (exact) mass is 279 g/mol. The van der Waals surface area contributed by atoms with Gasteiger partial charge in [-0.1, -0.05) is 13.3 Å². The molecular formula is C17H33N3. The van der Waals surface area contributed by atoms with Crippen LogP contribution in [0.25, 0.3) is 0 Å². The van der Waals surface area contributed by atoms with Gasteiger partial charge in [-0.2, -0.15) is 0 Å². The van der Waals surface area contributed by atoms with Crippen LogP contribution in [-0.4, -0.2) is 60.6 Å². The molecule has 0 spiro atoms. The molecule has 3 nitrogen and oxygen atoms in total. The van der Waals surface area contributed by atoms with E-state index in [-0.39, 0.29) is 0 Å². The first-order chi connectivity index (χ1) is 9.64. The molecule has 2 bridgehead atoms. The normalized spacial score (nSPS) is 36.9. The lowest BCUT2D eigenvalue weighted by atomic mass is 9.73. The first kappa shape index (κ1) is 14.8. The molecule has 2 saturated heterocycles. The zero-order chi connectivity index (χ0) is 14.2. The maximum absolute atomic E-state index is 3.71. The Morgan fingerprint density at radius 2 is 1.75 bits per heavy atom. The quantitative estimate of drug-likeness (QED) is 0.834. The molecule has 2 aliphatic heterocycles. The molecule has 20 heavy (non-hydrogen) atoms. The minimum Gasteiger partial charge on any atom is -0.314 e. The molecule has 0 aromatic carbocycles. The number of piperidine rings is 2. The van der Waals surface area contributed by atoms with Crippen molar-refractivity contribution in [3.8, 4) is 0 Å². The Morgan fingerprint density at radius 3 is 2.20 bits per heavy atom. The fourth-order valence-electron chi connectivity index (χ4n) is 4.86. The van der Waals surface area contributed by atoms with E-state index in [4.69, 9.17) is 0 Å². The van der Waals surface area contributed by atoms with Crippen LogP contribution in [0.5, 0.6) is 0 Å². The van der Waals surface area contributed by atoms with Crippen molar-refractivity contribution < 1.29 is 0 Å². The minimum atomic E-state index is 0.499. The molecule has 0 aromatic rings. The molecule has 0 amide bonds. The van der Waals surface area contributed by atoms with Gasteiger partial charge < -0.3 is 10.2 Å². The molecule has 1 aliphatic carbocycles. The summed E-state index contributed by atoms with van der Waals surface area (Å²) < 4.78 is 0. The highest BCUT2D eigenvalue weighted by Gasteiger charge is 2.46. The van der Waals surface area contributed by atoms with Crippen LogP contribution in [0.2, 0.25) is 0 Å². The molecular weight excluding hydrogens is 246 g/mol. The van der Waals surface area contributed by atoms with E-state index in [9.17, 15) is 0 Å². The summed E-state index contributed by atoms with van der Waals surface area (Å²) >= 11 is 0. The number of nitrogens with zero attached hydrogens (tertiary/aromatic N) is 2. The number of rotatable bonds is 5. The van der Waals surface area contributed by atoms with E-state index in [2.05, 4.69) is 36.1 Å². The summed E-state index contributed by atoms with van der Waals surface area (Å²) in [5.41, 5.74) is 0.499. The smallest absolute Gasteiger partial charge is 0.0330 e. The molecule has 116 valence electrons. The van der Waals surface area contributed by atoms with E-state index in [0.717, 1.165) is 24.7 Å². The Balaban J connectivity index is 1.67. The first-order valence-corrected chi connectivity index (χ1v) is 8.81. The van der Waals surface area contributed by atoms with E-state index in [1.165, 1.54) is 57.9 Å². The average Bonchev–Trinajstić information content (AvgIpc) is 2.33. The van der Waals surface area contributed by atoms with Crippen LogP contribution in [0.4, 0.5) is 0 Å². The number of hydrogen-bond donors (Lipinski definition) is 1. The highest BCUT2D eigenvalue weighted by atomic mass is 15.3. The van der Waals surface area contributed by atoms with Gasteiger partial charge in [0.15, 0.2) is 0 Å². The highest BCUT2D eigenvalue weighted by Crippen LogP contribution is 2.41. The van der Waals surface area contributed by atoms with Gasteiger partial charge in [0.2, 0.25) is 0 Å². The van der Waals surface area contributed by atoms with Gasteiger partial charge in [-0.3, -0.25) is 4.90 Å². The maximum atomic E-state index is 3.71. The molecule has 0 aromatic heterocycles. The minimum absolute atomic E-state index is 0.499. The predicted molar refractivity (Wildman–Crippen MR) is 85.1 cm³/mol. The van der Waals surface area contributed by atoms with Crippen molar-refractivity contribution in [1.29, 1.82) is 0 Å². The largest absolute Gasteiger partial charge is 0.314 e. The molecule has 2 unspecified atom stereocenters. The maximum Gasteiger partial charge on any atom is 0.0330 e. The molecule has 3 aliphatic rings. The summed E-state index contributed by atoms with van der Waals surface area (Å²) in [7, 11) is 4.58. The SMILES string of the molecule is CCNC1CC2CCCC(C1)N2CC1(N(C)C)CCC1. The Labute approximate surface area is 125 Å². The van der Waals surface area contributed by atoms with Crippen molar-refractivity contribution in [1.82, 2.24) is 15.1 Å². The van der Waals surface area contributed by atoms with Crippen LogP contribution < -0.4 is 5.32 Å². The molecule has 3 heteroatoms. The van der Waals surface area contributed by atoms with Crippen molar-refractivity contribution in [3.05, 3.63) is 0 Å². The summed E-state index contributed by atoms with van der Waals surface area (Å²) in [5, 5.41) is 3.71. The van der Waals surface area contributed by atoms with Gasteiger partial charge in [0.1, 0.15) is 0 Å². The topological polar surface area (TPSA) is 18.5 Å². The highest BCUT2D eigenvalue weighted by molar-refractivity contribution is 5.03. The Hall–Kier alpha value is -0.120. The Bertz CT molecular complexity index is 310. The third-order valence-electron chi connectivity index (χ3n) is 6.33. The van der Waals surface area contributed by atoms with E-state index >= 15 is 0 Å². The summed E-state index contributed by atoms with van der Waals surface area (Å²) in [6.45, 7) is 4.71. The fourth-order valence-corrected chi connectivity index (χ4v) is 4.86. The van der Waals surface area contributed by atoms with Gasteiger partial charge in [-0.25, -0.2) is 0 Å². The molecule has 2 heterocycles. The molecule has 1 N–H and O–H groups in total. The van der Waals surface area contributed by atoms with Gasteiger partial charge in [0.25, 0.3) is 0 Å². The van der Waals surface area contributed by atoms with Crippen LogP contribution in [0.1, 0.15) is 58.3 Å². The first-order valence-electron chi connectivity index (χ1n) is 8.81. The second kappa shape index (κ2) is 5.94. The Kier molecular flexibility index (Phi) is 4.40. The number of fused-ring (bicyclic) bond motifs is 2. The van der Waals surface area contributed by atoms with Gasteiger partial charge in [-0.05, 0) is 65.6 Å². The van der Waals surface area contributed by atoms with E-state index < -0.39 is 0 Å². The van der Waals surface area contributed by atoms with Crippen molar-refractivity contribution >= 4 is 0 Å². The Morgan fingerprint density at radius 1 is 1.10 bits per heavy atom. The summed E-state index contributed by atoms with van der Waals surface area (Å²) in [6.07, 6.45) is 11.3. The van der Waals surface area contributed by atoms with Crippen LogP contribution in [0.15, 0.2) is 0 Å². The van der Waals surface area contributed by atoms with Gasteiger partial charge >= 0.3 is 0 Å². The van der Waals surface area contributed by atoms with Crippen LogP contribution in [0.3, 0.4) is 0 Å². The van der Waals surface area contributed by atoms with Crippen LogP contribution in [0, 0.1) is 0 Å². The summed E-state index contributed by atoms with van der Waals surface area (Å²) in [6, 6.07) is 2.48. The van der Waals surface area contributed by atoms with Crippen LogP contribution in [-0.2, 0) is 0 Å². The van der Waals surface area contributed by atoms with Crippen LogP contribution >= 0.6 is 0 Å². The van der Waals surface area contributed by atoms with Crippen molar-refractivity contribution in [2.24, 2.45) is 0 Å². The second-order valence-electron chi connectivity index (χ2n) is 7.61. The summed E-state index contributed by atoms with van der Waals surface area (Å²) in [4.78, 5) is 5.43. The average molecular weight is 279 g/mol. The lowest BCUT2D eigenvalue weighted by Gasteiger charge is -2.56. The molecule has 0 radical (unpaired) electrons. The zero-order valence-corrected chi connectivity index (χ0v) is 13.7. The molecule has 2 atom stereocenters. The van der Waals surface area contributed by atoms with Gasteiger partial charge in [-0.15, -0.1) is 0 Å². The second-order valence-corrected chi connectivity index (χ2v) is 7.61. The lowest BCUT2D eigenvalue weighted by Crippen LogP contribution is -2.64. The third kappa shape index (κ3) is 2.65. The van der Waals surface area contributed by atoms with Gasteiger partial charge in [0.05, 0.1) is 0 Å². The van der Waals surface area contributed by atoms with E-state index in [1.807, 2.05) is 0 Å². The standard InChI is InChI=1S/C17H33N3/c1-4-18-14-11-15-7-5-8-16(12-14)20(15)13-17(19(2)3)9-6-10-17/h14-16,18H,4-13H2,1-3H3. The molecule has 1 saturated carbocycles. The zero-order valence-electron chi connectivity index (χ0n) is 13.7. The number of hydrogen-bond acceptors (Lipinski definition) is 3. The van der Waals surface area contributed by atoms with Crippen molar-refractivity contribution in [2.75, 3.05) is 27.2 Å². The fraction of sp³-hybridized carbons (Fsp3) is 1.00. The predicted octanol–water partition coefficient (Wildman–Crippen LogP) is 2.47. The van der Waals surface area contributed by atoms with E-state index in [0.29, 0.717) is 5.54 Å². The van der Waals surface area contributed by atoms with Gasteiger partial charge in [0, 0.05) is 30.2 Å². The summed E-state index contributed by atoms with van der Waals surface area (Å²) in [5.74, 6) is 0. The van der Waals surface area contributed by atoms with Crippen molar-refractivity contribution in [3.63, 3.8) is 0 Å². The molecule has 3 fully saturated rings. The third-order valence-corrected chi connectivity index (χ3v) is 6.33. The van der Waals surface area contributed by atoms with Crippen molar-refractivity contribution in [2.45, 2.75) is 82.0 Å². The van der Waals surface area contributed by atoms with E-state index in [1.54, 1.807) is 0 Å². The lowest BCUT2D eigenvalue weighted by molar-refractivity contribution is -0.0476. The number of nitrogens with one attached hydrogen (secondary N) is 1. The number of likely N-dealkylation sites (N-methyl/N-ethyl adjacent to an activating group) is 1.